The van der Waals surface area contributed by atoms with Crippen LogP contribution in [0.5, 0.6) is 5.75 Å². The molecular weight excluding hydrogens is 278 g/mol. The highest BCUT2D eigenvalue weighted by molar-refractivity contribution is 5.85. The van der Waals surface area contributed by atoms with E-state index in [1.807, 2.05) is 0 Å². The summed E-state index contributed by atoms with van der Waals surface area (Å²) in [6.07, 6.45) is -4.95. The molecular formula is C10H12ClF4NO2. The molecule has 1 rings (SSSR count). The minimum absolute atomic E-state index is 0. The van der Waals surface area contributed by atoms with Crippen molar-refractivity contribution >= 4 is 12.4 Å². The van der Waals surface area contributed by atoms with E-state index in [9.17, 15) is 22.7 Å². The van der Waals surface area contributed by atoms with Crippen LogP contribution in [0.4, 0.5) is 17.6 Å². The molecule has 4 N–H and O–H groups in total. The second-order valence-electron chi connectivity index (χ2n) is 3.47. The Hall–Kier alpha value is -1.05. The van der Waals surface area contributed by atoms with Crippen LogP contribution in [0.15, 0.2) is 12.1 Å². The third-order valence-electron chi connectivity index (χ3n) is 2.28. The Balaban J connectivity index is 0.00000289. The average Bonchev–Trinajstić information content (AvgIpc) is 2.20. The number of phenolic OH excluding ortho intramolecular Hbond substituents is 1. The first-order chi connectivity index (χ1) is 7.79. The molecule has 0 amide bonds. The van der Waals surface area contributed by atoms with Crippen LogP contribution in [0, 0.1) is 5.82 Å². The summed E-state index contributed by atoms with van der Waals surface area (Å²) >= 11 is 0. The molecule has 1 aromatic carbocycles. The minimum Gasteiger partial charge on any atom is -0.505 e. The summed E-state index contributed by atoms with van der Waals surface area (Å²) in [7, 11) is 0. The molecule has 0 bridgehead atoms. The van der Waals surface area contributed by atoms with E-state index in [0.29, 0.717) is 12.1 Å². The summed E-state index contributed by atoms with van der Waals surface area (Å²) in [5, 5.41) is 17.9. The molecule has 0 spiro atoms. The second kappa shape index (κ2) is 6.21. The third kappa shape index (κ3) is 3.47. The van der Waals surface area contributed by atoms with E-state index in [1.165, 1.54) is 0 Å². The van der Waals surface area contributed by atoms with Crippen LogP contribution in [0.3, 0.4) is 0 Å². The fourth-order valence-corrected chi connectivity index (χ4v) is 1.49. The Morgan fingerprint density at radius 1 is 1.28 bits per heavy atom. The zero-order chi connectivity index (χ0) is 13.2. The maximum absolute atomic E-state index is 13.0. The van der Waals surface area contributed by atoms with Gasteiger partial charge in [-0.05, 0) is 18.6 Å². The molecule has 1 aromatic rings. The molecule has 104 valence electrons. The third-order valence-corrected chi connectivity index (χ3v) is 2.28. The number of aliphatic hydroxyl groups is 1. The molecule has 0 aliphatic rings. The lowest BCUT2D eigenvalue weighted by molar-refractivity contribution is -0.138. The Labute approximate surface area is 107 Å². The molecule has 0 aromatic heterocycles. The smallest absolute Gasteiger partial charge is 0.416 e. The van der Waals surface area contributed by atoms with Crippen LogP contribution >= 0.6 is 12.4 Å². The molecule has 0 aliphatic carbocycles. The fourth-order valence-electron chi connectivity index (χ4n) is 1.49. The van der Waals surface area contributed by atoms with Gasteiger partial charge in [0, 0.05) is 18.2 Å². The lowest BCUT2D eigenvalue weighted by Gasteiger charge is -2.19. The monoisotopic (exact) mass is 289 g/mol. The van der Waals surface area contributed by atoms with E-state index in [1.54, 1.807) is 0 Å². The summed E-state index contributed by atoms with van der Waals surface area (Å²) in [5.74, 6) is -2.30. The topological polar surface area (TPSA) is 66.5 Å². The van der Waals surface area contributed by atoms with Gasteiger partial charge >= 0.3 is 6.18 Å². The zero-order valence-electron chi connectivity index (χ0n) is 9.04. The van der Waals surface area contributed by atoms with Crippen molar-refractivity contribution in [2.45, 2.75) is 18.6 Å². The molecule has 0 saturated carbocycles. The molecule has 0 radical (unpaired) electrons. The zero-order valence-corrected chi connectivity index (χ0v) is 9.85. The van der Waals surface area contributed by atoms with Crippen LogP contribution in [0.2, 0.25) is 0 Å². The van der Waals surface area contributed by atoms with Crippen LogP contribution in [0.25, 0.3) is 0 Å². The molecule has 18 heavy (non-hydrogen) atoms. The quantitative estimate of drug-likeness (QED) is 0.748. The Kier molecular flexibility index (Phi) is 5.85. The SMILES string of the molecule is Cl.N[C@H](CCO)c1c(C(F)(F)F)ccc(F)c1O. The number of nitrogens with two attached hydrogens (primary N) is 1. The summed E-state index contributed by atoms with van der Waals surface area (Å²) in [6.45, 7) is -0.464. The molecule has 0 aliphatic heterocycles. The standard InChI is InChI=1S/C10H11F4NO2.ClH/c11-6-2-1-5(10(12,13)14)8(9(6)17)7(15)3-4-16;/h1-2,7,16-17H,3-4,15H2;1H/t7-;/m1./s1. The number of hydrogen-bond acceptors (Lipinski definition) is 3. The van der Waals surface area contributed by atoms with Crippen LogP contribution < -0.4 is 5.73 Å². The number of aromatic hydroxyl groups is 1. The lowest BCUT2D eigenvalue weighted by atomic mass is 9.97. The number of halogens is 5. The number of phenols is 1. The first-order valence-corrected chi connectivity index (χ1v) is 4.74. The van der Waals surface area contributed by atoms with Gasteiger partial charge in [0.25, 0.3) is 0 Å². The normalized spacial score (nSPS) is 13.0. The summed E-state index contributed by atoms with van der Waals surface area (Å²) in [4.78, 5) is 0. The summed E-state index contributed by atoms with van der Waals surface area (Å²) in [5.41, 5.74) is 3.46. The van der Waals surface area contributed by atoms with E-state index in [2.05, 4.69) is 0 Å². The number of benzene rings is 1. The van der Waals surface area contributed by atoms with E-state index in [0.717, 1.165) is 0 Å². The number of aliphatic hydroxyl groups excluding tert-OH is 1. The van der Waals surface area contributed by atoms with E-state index in [4.69, 9.17) is 10.8 Å². The van der Waals surface area contributed by atoms with Gasteiger partial charge in [0.15, 0.2) is 11.6 Å². The van der Waals surface area contributed by atoms with Gasteiger partial charge in [-0.1, -0.05) is 0 Å². The molecule has 3 nitrogen and oxygen atoms in total. The van der Waals surface area contributed by atoms with Gasteiger partial charge < -0.3 is 15.9 Å². The first kappa shape index (κ1) is 16.9. The van der Waals surface area contributed by atoms with Gasteiger partial charge in [0.05, 0.1) is 5.56 Å². The van der Waals surface area contributed by atoms with Crippen molar-refractivity contribution in [2.24, 2.45) is 5.73 Å². The Bertz CT molecular complexity index is 412. The molecule has 0 heterocycles. The maximum Gasteiger partial charge on any atom is 0.416 e. The van der Waals surface area contributed by atoms with Crippen molar-refractivity contribution in [1.29, 1.82) is 0 Å². The van der Waals surface area contributed by atoms with Crippen LogP contribution in [-0.2, 0) is 6.18 Å². The van der Waals surface area contributed by atoms with E-state index >= 15 is 0 Å². The van der Waals surface area contributed by atoms with E-state index in [-0.39, 0.29) is 18.8 Å². The maximum atomic E-state index is 13.0. The number of alkyl halides is 3. The van der Waals surface area contributed by atoms with Gasteiger partial charge in [-0.2, -0.15) is 13.2 Å². The van der Waals surface area contributed by atoms with Gasteiger partial charge in [0.2, 0.25) is 0 Å². The van der Waals surface area contributed by atoms with E-state index < -0.39 is 41.5 Å². The summed E-state index contributed by atoms with van der Waals surface area (Å²) in [6, 6.07) is -0.248. The molecule has 0 saturated heterocycles. The van der Waals surface area contributed by atoms with Gasteiger partial charge in [-0.25, -0.2) is 4.39 Å². The van der Waals surface area contributed by atoms with Gasteiger partial charge in [0.1, 0.15) is 0 Å². The van der Waals surface area contributed by atoms with Crippen LogP contribution in [-0.4, -0.2) is 16.8 Å². The largest absolute Gasteiger partial charge is 0.505 e. The lowest BCUT2D eigenvalue weighted by Crippen LogP contribution is -2.19. The number of rotatable bonds is 3. The van der Waals surface area contributed by atoms with Crippen molar-refractivity contribution in [1.82, 2.24) is 0 Å². The minimum atomic E-state index is -4.74. The molecule has 1 atom stereocenters. The highest BCUT2D eigenvalue weighted by Gasteiger charge is 2.36. The predicted octanol–water partition coefficient (Wildman–Crippen LogP) is 2.35. The molecule has 0 unspecified atom stereocenters. The first-order valence-electron chi connectivity index (χ1n) is 4.74. The van der Waals surface area contributed by atoms with Crippen molar-refractivity contribution in [3.63, 3.8) is 0 Å². The molecule has 0 fully saturated rings. The van der Waals surface area contributed by atoms with Crippen LogP contribution in [0.1, 0.15) is 23.6 Å². The van der Waals surface area contributed by atoms with Gasteiger partial charge in [-0.3, -0.25) is 0 Å². The highest BCUT2D eigenvalue weighted by atomic mass is 35.5. The van der Waals surface area contributed by atoms with Crippen molar-refractivity contribution in [2.75, 3.05) is 6.61 Å². The van der Waals surface area contributed by atoms with Crippen molar-refractivity contribution < 1.29 is 27.8 Å². The Morgan fingerprint density at radius 2 is 1.83 bits per heavy atom. The summed E-state index contributed by atoms with van der Waals surface area (Å²) < 4.78 is 50.8. The predicted molar refractivity (Wildman–Crippen MR) is 58.9 cm³/mol. The fraction of sp³-hybridized carbons (Fsp3) is 0.400. The molecule has 8 heteroatoms. The van der Waals surface area contributed by atoms with Gasteiger partial charge in [-0.15, -0.1) is 12.4 Å². The average molecular weight is 290 g/mol. The highest BCUT2D eigenvalue weighted by Crippen LogP contribution is 2.40. The number of hydrogen-bond donors (Lipinski definition) is 3. The Morgan fingerprint density at radius 3 is 2.28 bits per heavy atom. The second-order valence-corrected chi connectivity index (χ2v) is 3.47. The van der Waals surface area contributed by atoms with Crippen molar-refractivity contribution in [3.8, 4) is 5.75 Å². The van der Waals surface area contributed by atoms with Crippen molar-refractivity contribution in [3.05, 3.63) is 29.1 Å².